The van der Waals surface area contributed by atoms with Crippen molar-refractivity contribution in [2.24, 2.45) is 0 Å². The molecule has 1 N–H and O–H groups in total. The maximum absolute atomic E-state index is 12.5. The maximum Gasteiger partial charge on any atom is 0.224 e. The number of aliphatic hydroxyl groups is 1. The number of aromatic nitrogens is 3. The van der Waals surface area contributed by atoms with Crippen LogP contribution in [0.2, 0.25) is 0 Å². The zero-order chi connectivity index (χ0) is 17.9. The Labute approximate surface area is 148 Å². The van der Waals surface area contributed by atoms with E-state index in [-0.39, 0.29) is 5.91 Å². The number of hydrogen-bond donors (Lipinski definition) is 1. The summed E-state index contributed by atoms with van der Waals surface area (Å²) < 4.78 is 2.04. The zero-order valence-corrected chi connectivity index (χ0v) is 15.0. The van der Waals surface area contributed by atoms with Crippen molar-refractivity contribution in [1.29, 1.82) is 0 Å². The Balaban J connectivity index is 1.54. The molecule has 0 spiro atoms. The summed E-state index contributed by atoms with van der Waals surface area (Å²) in [6.45, 7) is 5.82. The van der Waals surface area contributed by atoms with E-state index >= 15 is 0 Å². The minimum atomic E-state index is -0.926. The summed E-state index contributed by atoms with van der Waals surface area (Å²) in [5.41, 5.74) is 0.853. The standard InChI is InChI=1S/C19H26N4O2/c1-3-17-20-9-13-22(17)10-6-18(24)23-11-7-19(25,8-12-23)16-5-4-15(2)14-21-16/h4-5,9,13-14,25H,3,6-8,10-12H2,1-2H3. The van der Waals surface area contributed by atoms with Crippen LogP contribution in [0.5, 0.6) is 0 Å². The van der Waals surface area contributed by atoms with Gasteiger partial charge in [0.15, 0.2) is 0 Å². The second kappa shape index (κ2) is 7.35. The number of carbonyl (C=O) groups is 1. The lowest BCUT2D eigenvalue weighted by atomic mass is 9.87. The Kier molecular flexibility index (Phi) is 5.18. The van der Waals surface area contributed by atoms with E-state index in [1.807, 2.05) is 34.7 Å². The molecule has 0 saturated carbocycles. The van der Waals surface area contributed by atoms with E-state index in [2.05, 4.69) is 16.9 Å². The van der Waals surface area contributed by atoms with Gasteiger partial charge in [0, 0.05) is 51.1 Å². The van der Waals surface area contributed by atoms with E-state index in [4.69, 9.17) is 0 Å². The first-order chi connectivity index (χ1) is 12.0. The molecule has 0 aliphatic carbocycles. The van der Waals surface area contributed by atoms with Crippen LogP contribution >= 0.6 is 0 Å². The topological polar surface area (TPSA) is 71.2 Å². The average molecular weight is 342 g/mol. The van der Waals surface area contributed by atoms with Gasteiger partial charge in [-0.05, 0) is 31.4 Å². The minimum absolute atomic E-state index is 0.134. The fourth-order valence-corrected chi connectivity index (χ4v) is 3.36. The molecule has 2 aromatic heterocycles. The Morgan fingerprint density at radius 3 is 2.68 bits per heavy atom. The molecule has 6 nitrogen and oxygen atoms in total. The number of likely N-dealkylation sites (tertiary alicyclic amines) is 1. The Bertz CT molecular complexity index is 715. The molecular formula is C19H26N4O2. The summed E-state index contributed by atoms with van der Waals surface area (Å²) in [5.74, 6) is 1.14. The number of piperidine rings is 1. The molecule has 6 heteroatoms. The van der Waals surface area contributed by atoms with Gasteiger partial charge in [0.25, 0.3) is 0 Å². The van der Waals surface area contributed by atoms with E-state index in [0.29, 0.717) is 44.6 Å². The zero-order valence-electron chi connectivity index (χ0n) is 15.0. The third kappa shape index (κ3) is 3.90. The fraction of sp³-hybridized carbons (Fsp3) is 0.526. The Morgan fingerprint density at radius 1 is 1.28 bits per heavy atom. The van der Waals surface area contributed by atoms with Gasteiger partial charge < -0.3 is 14.6 Å². The lowest BCUT2D eigenvalue weighted by molar-refractivity contribution is -0.136. The predicted octanol–water partition coefficient (Wildman–Crippen LogP) is 2.05. The van der Waals surface area contributed by atoms with Gasteiger partial charge in [-0.1, -0.05) is 13.0 Å². The van der Waals surface area contributed by atoms with Gasteiger partial charge >= 0.3 is 0 Å². The molecule has 25 heavy (non-hydrogen) atoms. The van der Waals surface area contributed by atoms with Gasteiger partial charge in [-0.15, -0.1) is 0 Å². The fourth-order valence-electron chi connectivity index (χ4n) is 3.36. The van der Waals surface area contributed by atoms with Crippen molar-refractivity contribution in [1.82, 2.24) is 19.4 Å². The molecule has 0 bridgehead atoms. The van der Waals surface area contributed by atoms with Crippen LogP contribution in [-0.4, -0.2) is 43.5 Å². The largest absolute Gasteiger partial charge is 0.383 e. The van der Waals surface area contributed by atoms with Crippen LogP contribution in [0.1, 0.15) is 43.3 Å². The molecule has 2 aromatic rings. The molecule has 1 aliphatic heterocycles. The van der Waals surface area contributed by atoms with Gasteiger partial charge in [-0.2, -0.15) is 0 Å². The lowest BCUT2D eigenvalue weighted by Crippen LogP contribution is -2.45. The number of carbonyl (C=O) groups excluding carboxylic acids is 1. The summed E-state index contributed by atoms with van der Waals surface area (Å²) >= 11 is 0. The molecule has 0 atom stereocenters. The number of pyridine rings is 1. The van der Waals surface area contributed by atoms with Crippen molar-refractivity contribution in [3.05, 3.63) is 47.8 Å². The van der Waals surface area contributed by atoms with Crippen LogP contribution in [0, 0.1) is 6.92 Å². The predicted molar refractivity (Wildman–Crippen MR) is 94.9 cm³/mol. The number of aryl methyl sites for hydroxylation is 3. The number of nitrogens with zero attached hydrogens (tertiary/aromatic N) is 4. The smallest absolute Gasteiger partial charge is 0.224 e. The molecule has 1 saturated heterocycles. The molecule has 0 aromatic carbocycles. The number of hydrogen-bond acceptors (Lipinski definition) is 4. The first kappa shape index (κ1) is 17.6. The normalized spacial score (nSPS) is 16.8. The van der Waals surface area contributed by atoms with E-state index in [0.717, 1.165) is 17.8 Å². The van der Waals surface area contributed by atoms with Crippen LogP contribution in [-0.2, 0) is 23.4 Å². The molecule has 134 valence electrons. The van der Waals surface area contributed by atoms with Crippen LogP contribution < -0.4 is 0 Å². The van der Waals surface area contributed by atoms with E-state index in [1.165, 1.54) is 0 Å². The van der Waals surface area contributed by atoms with Crippen LogP contribution in [0.25, 0.3) is 0 Å². The molecule has 0 radical (unpaired) electrons. The second-order valence-electron chi connectivity index (χ2n) is 6.77. The van der Waals surface area contributed by atoms with E-state index in [9.17, 15) is 9.90 Å². The molecule has 1 fully saturated rings. The number of rotatable bonds is 5. The van der Waals surface area contributed by atoms with Crippen LogP contribution in [0.15, 0.2) is 30.7 Å². The van der Waals surface area contributed by atoms with Gasteiger partial charge in [-0.3, -0.25) is 9.78 Å². The van der Waals surface area contributed by atoms with Crippen LogP contribution in [0.4, 0.5) is 0 Å². The van der Waals surface area contributed by atoms with Gasteiger partial charge in [-0.25, -0.2) is 4.98 Å². The average Bonchev–Trinajstić information content (AvgIpc) is 3.08. The first-order valence-corrected chi connectivity index (χ1v) is 8.95. The molecule has 1 aliphatic rings. The summed E-state index contributed by atoms with van der Waals surface area (Å²) in [5, 5.41) is 10.9. The Morgan fingerprint density at radius 2 is 2.04 bits per heavy atom. The molecule has 1 amide bonds. The highest BCUT2D eigenvalue weighted by molar-refractivity contribution is 5.76. The van der Waals surface area contributed by atoms with Crippen molar-refractivity contribution in [3.63, 3.8) is 0 Å². The number of amides is 1. The van der Waals surface area contributed by atoms with Crippen molar-refractivity contribution < 1.29 is 9.90 Å². The Hall–Kier alpha value is -2.21. The monoisotopic (exact) mass is 342 g/mol. The first-order valence-electron chi connectivity index (χ1n) is 8.95. The summed E-state index contributed by atoms with van der Waals surface area (Å²) in [7, 11) is 0. The summed E-state index contributed by atoms with van der Waals surface area (Å²) in [6.07, 6.45) is 7.86. The minimum Gasteiger partial charge on any atom is -0.383 e. The summed E-state index contributed by atoms with van der Waals surface area (Å²) in [4.78, 5) is 23.0. The van der Waals surface area contributed by atoms with Crippen molar-refractivity contribution in [3.8, 4) is 0 Å². The molecule has 3 heterocycles. The molecule has 3 rings (SSSR count). The van der Waals surface area contributed by atoms with Crippen molar-refractivity contribution >= 4 is 5.91 Å². The quantitative estimate of drug-likeness (QED) is 0.903. The lowest BCUT2D eigenvalue weighted by Gasteiger charge is -2.38. The van der Waals surface area contributed by atoms with Crippen LogP contribution in [0.3, 0.4) is 0 Å². The van der Waals surface area contributed by atoms with E-state index in [1.54, 1.807) is 12.4 Å². The number of imidazole rings is 1. The maximum atomic E-state index is 12.5. The molecule has 0 unspecified atom stereocenters. The molecular weight excluding hydrogens is 316 g/mol. The van der Waals surface area contributed by atoms with Crippen molar-refractivity contribution in [2.75, 3.05) is 13.1 Å². The SMILES string of the molecule is CCc1nccn1CCC(=O)N1CCC(O)(c2ccc(C)cn2)CC1. The van der Waals surface area contributed by atoms with Gasteiger partial charge in [0.05, 0.1) is 5.69 Å². The third-order valence-electron chi connectivity index (χ3n) is 5.02. The third-order valence-corrected chi connectivity index (χ3v) is 5.02. The highest BCUT2D eigenvalue weighted by Crippen LogP contribution is 2.31. The van der Waals surface area contributed by atoms with E-state index < -0.39 is 5.60 Å². The van der Waals surface area contributed by atoms with Gasteiger partial charge in [0.1, 0.15) is 11.4 Å². The second-order valence-corrected chi connectivity index (χ2v) is 6.77. The summed E-state index contributed by atoms with van der Waals surface area (Å²) in [6, 6.07) is 3.85. The highest BCUT2D eigenvalue weighted by Gasteiger charge is 2.36. The van der Waals surface area contributed by atoms with Gasteiger partial charge in [0.2, 0.25) is 5.91 Å². The highest BCUT2D eigenvalue weighted by atomic mass is 16.3. The van der Waals surface area contributed by atoms with Crippen molar-refractivity contribution in [2.45, 2.75) is 51.7 Å².